The van der Waals surface area contributed by atoms with Crippen LogP contribution >= 0.6 is 15.9 Å². The number of nitrogens with one attached hydrogen (secondary N) is 1. The maximum absolute atomic E-state index is 12.9. The summed E-state index contributed by atoms with van der Waals surface area (Å²) in [7, 11) is 1.58. The SMILES string of the molecule is COc1ccc([C@]2(C)NC(=O)N(Cc3ccc(Br)cc3)C2=O)cc1. The monoisotopic (exact) mass is 388 g/mol. The highest BCUT2D eigenvalue weighted by Gasteiger charge is 2.48. The largest absolute Gasteiger partial charge is 0.497 e. The Labute approximate surface area is 148 Å². The predicted octanol–water partition coefficient (Wildman–Crippen LogP) is 3.42. The van der Waals surface area contributed by atoms with E-state index in [0.29, 0.717) is 5.75 Å². The summed E-state index contributed by atoms with van der Waals surface area (Å²) >= 11 is 3.37. The average molecular weight is 389 g/mol. The molecular weight excluding hydrogens is 372 g/mol. The summed E-state index contributed by atoms with van der Waals surface area (Å²) in [5.41, 5.74) is 0.541. The third-order valence-corrected chi connectivity index (χ3v) is 4.72. The summed E-state index contributed by atoms with van der Waals surface area (Å²) < 4.78 is 6.09. The fourth-order valence-electron chi connectivity index (χ4n) is 2.73. The van der Waals surface area contributed by atoms with Crippen LogP contribution in [0.3, 0.4) is 0 Å². The fourth-order valence-corrected chi connectivity index (χ4v) is 3.00. The molecule has 124 valence electrons. The Morgan fingerprint density at radius 2 is 1.71 bits per heavy atom. The van der Waals surface area contributed by atoms with Gasteiger partial charge in [-0.2, -0.15) is 0 Å². The molecule has 6 heteroatoms. The van der Waals surface area contributed by atoms with E-state index in [1.165, 1.54) is 4.90 Å². The molecule has 1 heterocycles. The van der Waals surface area contributed by atoms with Gasteiger partial charge in [0.15, 0.2) is 0 Å². The van der Waals surface area contributed by atoms with Crippen LogP contribution in [0.1, 0.15) is 18.1 Å². The van der Waals surface area contributed by atoms with Crippen molar-refractivity contribution < 1.29 is 14.3 Å². The second-order valence-electron chi connectivity index (χ2n) is 5.80. The summed E-state index contributed by atoms with van der Waals surface area (Å²) in [6.45, 7) is 1.96. The number of rotatable bonds is 4. The van der Waals surface area contributed by atoms with Crippen LogP contribution in [0.2, 0.25) is 0 Å². The summed E-state index contributed by atoms with van der Waals surface area (Å²) in [5.74, 6) is 0.437. The predicted molar refractivity (Wildman–Crippen MR) is 93.6 cm³/mol. The van der Waals surface area contributed by atoms with Crippen LogP contribution in [0.5, 0.6) is 5.75 Å². The lowest BCUT2D eigenvalue weighted by molar-refractivity contribution is -0.131. The molecule has 0 saturated carbocycles. The van der Waals surface area contributed by atoms with E-state index < -0.39 is 5.54 Å². The number of carbonyl (C=O) groups is 2. The Kier molecular flexibility index (Phi) is 4.32. The molecule has 0 unspecified atom stereocenters. The topological polar surface area (TPSA) is 58.6 Å². The van der Waals surface area contributed by atoms with Crippen LogP contribution in [-0.4, -0.2) is 23.9 Å². The standard InChI is InChI=1S/C18H17BrN2O3/c1-18(13-5-9-15(24-2)10-6-13)16(22)21(17(23)20-18)11-12-3-7-14(19)8-4-12/h3-10H,11H2,1-2H3,(H,20,23)/t18-/m0/s1. The van der Waals surface area contributed by atoms with E-state index >= 15 is 0 Å². The summed E-state index contributed by atoms with van der Waals surface area (Å²) in [4.78, 5) is 26.4. The minimum absolute atomic E-state index is 0.240. The lowest BCUT2D eigenvalue weighted by Gasteiger charge is -2.22. The van der Waals surface area contributed by atoms with Crippen LogP contribution in [0, 0.1) is 0 Å². The van der Waals surface area contributed by atoms with Crippen LogP contribution < -0.4 is 10.1 Å². The van der Waals surface area contributed by atoms with Gasteiger partial charge in [0.25, 0.3) is 5.91 Å². The van der Waals surface area contributed by atoms with Crippen molar-refractivity contribution in [3.05, 3.63) is 64.1 Å². The van der Waals surface area contributed by atoms with Gasteiger partial charge < -0.3 is 10.1 Å². The fraction of sp³-hybridized carbons (Fsp3) is 0.222. The van der Waals surface area contributed by atoms with Crippen molar-refractivity contribution in [3.63, 3.8) is 0 Å². The van der Waals surface area contributed by atoms with Crippen LogP contribution in [0.25, 0.3) is 0 Å². The number of hydrogen-bond donors (Lipinski definition) is 1. The molecule has 0 spiro atoms. The van der Waals surface area contributed by atoms with Gasteiger partial charge in [-0.05, 0) is 42.3 Å². The highest BCUT2D eigenvalue weighted by atomic mass is 79.9. The number of nitrogens with zero attached hydrogens (tertiary/aromatic N) is 1. The molecule has 0 radical (unpaired) electrons. The molecule has 1 atom stereocenters. The summed E-state index contributed by atoms with van der Waals surface area (Å²) in [6.07, 6.45) is 0. The molecule has 1 saturated heterocycles. The van der Waals surface area contributed by atoms with Crippen molar-refractivity contribution in [3.8, 4) is 5.75 Å². The minimum Gasteiger partial charge on any atom is -0.497 e. The highest BCUT2D eigenvalue weighted by molar-refractivity contribution is 9.10. The number of imide groups is 1. The Hall–Kier alpha value is -2.34. The molecule has 1 aliphatic heterocycles. The van der Waals surface area contributed by atoms with Gasteiger partial charge in [-0.1, -0.05) is 40.2 Å². The number of carbonyl (C=O) groups excluding carboxylic acids is 2. The van der Waals surface area contributed by atoms with E-state index in [-0.39, 0.29) is 18.5 Å². The molecule has 0 aromatic heterocycles. The molecule has 5 nitrogen and oxygen atoms in total. The zero-order chi connectivity index (χ0) is 17.3. The Bertz CT molecular complexity index is 774. The first-order valence-corrected chi connectivity index (χ1v) is 8.26. The van der Waals surface area contributed by atoms with Gasteiger partial charge in [0, 0.05) is 4.47 Å². The van der Waals surface area contributed by atoms with E-state index in [2.05, 4.69) is 21.2 Å². The zero-order valence-electron chi connectivity index (χ0n) is 13.4. The van der Waals surface area contributed by atoms with Crippen LogP contribution in [0.15, 0.2) is 53.0 Å². The first-order chi connectivity index (χ1) is 11.4. The van der Waals surface area contributed by atoms with Crippen molar-refractivity contribution in [1.29, 1.82) is 0 Å². The minimum atomic E-state index is -1.07. The van der Waals surface area contributed by atoms with E-state index in [0.717, 1.165) is 15.6 Å². The third kappa shape index (κ3) is 2.89. The van der Waals surface area contributed by atoms with Gasteiger partial charge in [0.05, 0.1) is 13.7 Å². The van der Waals surface area contributed by atoms with Crippen molar-refractivity contribution in [1.82, 2.24) is 10.2 Å². The molecule has 1 N–H and O–H groups in total. The first-order valence-electron chi connectivity index (χ1n) is 7.47. The van der Waals surface area contributed by atoms with Gasteiger partial charge in [0.1, 0.15) is 11.3 Å². The molecule has 0 bridgehead atoms. The quantitative estimate of drug-likeness (QED) is 0.816. The van der Waals surface area contributed by atoms with E-state index in [1.54, 1.807) is 38.3 Å². The Morgan fingerprint density at radius 1 is 1.08 bits per heavy atom. The van der Waals surface area contributed by atoms with E-state index in [9.17, 15) is 9.59 Å². The number of methoxy groups -OCH3 is 1. The van der Waals surface area contributed by atoms with Crippen LogP contribution in [0.4, 0.5) is 4.79 Å². The first kappa shape index (κ1) is 16.5. The molecule has 24 heavy (non-hydrogen) atoms. The lowest BCUT2D eigenvalue weighted by atomic mass is 9.92. The summed E-state index contributed by atoms with van der Waals surface area (Å²) in [5, 5.41) is 2.80. The molecule has 3 amide bonds. The van der Waals surface area contributed by atoms with Crippen molar-refractivity contribution in [2.45, 2.75) is 19.0 Å². The molecule has 2 aromatic carbocycles. The summed E-state index contributed by atoms with van der Waals surface area (Å²) in [6, 6.07) is 14.3. The van der Waals surface area contributed by atoms with Crippen molar-refractivity contribution in [2.75, 3.05) is 7.11 Å². The normalized spacial score (nSPS) is 20.2. The molecular formula is C18H17BrN2O3. The van der Waals surface area contributed by atoms with Crippen molar-refractivity contribution >= 4 is 27.9 Å². The smallest absolute Gasteiger partial charge is 0.325 e. The number of benzene rings is 2. The zero-order valence-corrected chi connectivity index (χ0v) is 15.0. The number of amides is 3. The lowest BCUT2D eigenvalue weighted by Crippen LogP contribution is -2.40. The third-order valence-electron chi connectivity index (χ3n) is 4.20. The van der Waals surface area contributed by atoms with E-state index in [4.69, 9.17) is 4.74 Å². The molecule has 1 aliphatic rings. The molecule has 3 rings (SSSR count). The maximum Gasteiger partial charge on any atom is 0.325 e. The van der Waals surface area contributed by atoms with Gasteiger partial charge in [-0.25, -0.2) is 4.79 Å². The number of halogens is 1. The maximum atomic E-state index is 12.9. The van der Waals surface area contributed by atoms with Gasteiger partial charge in [-0.3, -0.25) is 9.69 Å². The highest BCUT2D eigenvalue weighted by Crippen LogP contribution is 2.31. The molecule has 1 fully saturated rings. The number of ether oxygens (including phenoxy) is 1. The van der Waals surface area contributed by atoms with Gasteiger partial charge >= 0.3 is 6.03 Å². The molecule has 0 aliphatic carbocycles. The van der Waals surface area contributed by atoms with Crippen molar-refractivity contribution in [2.24, 2.45) is 0 Å². The number of urea groups is 1. The Morgan fingerprint density at radius 3 is 2.29 bits per heavy atom. The van der Waals surface area contributed by atoms with Crippen LogP contribution in [-0.2, 0) is 16.9 Å². The number of hydrogen-bond acceptors (Lipinski definition) is 3. The van der Waals surface area contributed by atoms with Gasteiger partial charge in [0.2, 0.25) is 0 Å². The Balaban J connectivity index is 1.85. The average Bonchev–Trinajstić information content (AvgIpc) is 2.81. The second-order valence-corrected chi connectivity index (χ2v) is 6.72. The molecule has 2 aromatic rings. The van der Waals surface area contributed by atoms with E-state index in [1.807, 2.05) is 24.3 Å². The second kappa shape index (κ2) is 6.28. The van der Waals surface area contributed by atoms with Gasteiger partial charge in [-0.15, -0.1) is 0 Å².